The Balaban J connectivity index is 2.22. The number of rotatable bonds is 4. The van der Waals surface area contributed by atoms with Crippen molar-refractivity contribution in [3.8, 4) is 0 Å². The van der Waals surface area contributed by atoms with Crippen LogP contribution in [0.4, 0.5) is 13.2 Å². The van der Waals surface area contributed by atoms with Gasteiger partial charge in [0.25, 0.3) is 0 Å². The van der Waals surface area contributed by atoms with Crippen molar-refractivity contribution >= 4 is 5.78 Å². The summed E-state index contributed by atoms with van der Waals surface area (Å²) in [5.74, 6) is -0.356. The Morgan fingerprint density at radius 1 is 1.36 bits per heavy atom. The van der Waals surface area contributed by atoms with Gasteiger partial charge in [-0.25, -0.2) is 0 Å². The average molecular weight is 314 g/mol. The number of Topliss-reactive ketones (excluding diaryl/α,β-unsaturated/α-hetero) is 1. The van der Waals surface area contributed by atoms with Crippen molar-refractivity contribution in [3.05, 3.63) is 34.9 Å². The van der Waals surface area contributed by atoms with Crippen molar-refractivity contribution in [2.75, 3.05) is 27.2 Å². The summed E-state index contributed by atoms with van der Waals surface area (Å²) < 4.78 is 39.7. The molecule has 2 rings (SSSR count). The summed E-state index contributed by atoms with van der Waals surface area (Å²) in [6, 6.07) is 4.26. The molecule has 6 heteroatoms. The van der Waals surface area contributed by atoms with Gasteiger partial charge in [-0.2, -0.15) is 13.2 Å². The summed E-state index contributed by atoms with van der Waals surface area (Å²) in [6.07, 6.45) is -3.48. The Bertz CT molecular complexity index is 555. The van der Waals surface area contributed by atoms with Crippen molar-refractivity contribution in [2.24, 2.45) is 0 Å². The first-order valence-corrected chi connectivity index (χ1v) is 7.28. The lowest BCUT2D eigenvalue weighted by Crippen LogP contribution is -2.31. The number of halogens is 3. The van der Waals surface area contributed by atoms with Crippen molar-refractivity contribution in [3.63, 3.8) is 0 Å². The van der Waals surface area contributed by atoms with Crippen molar-refractivity contribution in [2.45, 2.75) is 32.1 Å². The molecule has 0 unspecified atom stereocenters. The number of carbonyl (C=O) groups excluding carboxylic acids is 1. The molecule has 0 radical (unpaired) electrons. The van der Waals surface area contributed by atoms with Gasteiger partial charge in [-0.05, 0) is 39.1 Å². The fourth-order valence-corrected chi connectivity index (χ4v) is 2.82. The van der Waals surface area contributed by atoms with Crippen LogP contribution in [-0.2, 0) is 12.7 Å². The molecule has 1 aromatic rings. The molecule has 1 saturated heterocycles. The van der Waals surface area contributed by atoms with Crippen LogP contribution in [-0.4, -0.2) is 48.8 Å². The van der Waals surface area contributed by atoms with E-state index >= 15 is 0 Å². The van der Waals surface area contributed by atoms with Gasteiger partial charge in [-0.15, -0.1) is 0 Å². The van der Waals surface area contributed by atoms with E-state index in [1.54, 1.807) is 0 Å². The summed E-state index contributed by atoms with van der Waals surface area (Å²) in [6.45, 7) is 3.09. The van der Waals surface area contributed by atoms with Gasteiger partial charge >= 0.3 is 6.18 Å². The van der Waals surface area contributed by atoms with E-state index in [9.17, 15) is 18.0 Å². The van der Waals surface area contributed by atoms with E-state index in [1.807, 2.05) is 19.0 Å². The molecule has 0 bridgehead atoms. The number of carbonyl (C=O) groups is 1. The van der Waals surface area contributed by atoms with Crippen LogP contribution < -0.4 is 0 Å². The maximum Gasteiger partial charge on any atom is 0.416 e. The molecule has 3 nitrogen and oxygen atoms in total. The van der Waals surface area contributed by atoms with Crippen LogP contribution in [0.3, 0.4) is 0 Å². The second-order valence-electron chi connectivity index (χ2n) is 6.07. The lowest BCUT2D eigenvalue weighted by Gasteiger charge is -2.22. The second kappa shape index (κ2) is 6.38. The largest absolute Gasteiger partial charge is 0.416 e. The van der Waals surface area contributed by atoms with E-state index in [0.717, 1.165) is 25.6 Å². The molecule has 122 valence electrons. The predicted molar refractivity (Wildman–Crippen MR) is 78.8 cm³/mol. The topological polar surface area (TPSA) is 23.6 Å². The maximum atomic E-state index is 13.2. The molecule has 22 heavy (non-hydrogen) atoms. The van der Waals surface area contributed by atoms with Crippen LogP contribution in [0.1, 0.15) is 34.8 Å². The Labute approximate surface area is 128 Å². The Morgan fingerprint density at radius 3 is 2.55 bits per heavy atom. The minimum atomic E-state index is -4.44. The van der Waals surface area contributed by atoms with Gasteiger partial charge in [0.2, 0.25) is 0 Å². The third-order valence-electron chi connectivity index (χ3n) is 4.19. The molecule has 1 aromatic carbocycles. The van der Waals surface area contributed by atoms with Crippen LogP contribution >= 0.6 is 0 Å². The van der Waals surface area contributed by atoms with Gasteiger partial charge in [0.1, 0.15) is 0 Å². The molecule has 1 heterocycles. The molecular formula is C16H21F3N2O. The van der Waals surface area contributed by atoms with E-state index in [-0.39, 0.29) is 23.5 Å². The normalized spacial score (nSPS) is 19.9. The molecule has 1 atom stereocenters. The second-order valence-corrected chi connectivity index (χ2v) is 6.07. The molecule has 0 spiro atoms. The van der Waals surface area contributed by atoms with E-state index in [0.29, 0.717) is 6.04 Å². The van der Waals surface area contributed by atoms with Crippen LogP contribution in [0.15, 0.2) is 18.2 Å². The van der Waals surface area contributed by atoms with Gasteiger partial charge in [0, 0.05) is 31.2 Å². The third-order valence-corrected chi connectivity index (χ3v) is 4.19. The number of likely N-dealkylation sites (tertiary alicyclic amines) is 1. The summed E-state index contributed by atoms with van der Waals surface area (Å²) in [5, 5.41) is 0. The fourth-order valence-electron chi connectivity index (χ4n) is 2.82. The van der Waals surface area contributed by atoms with Gasteiger partial charge in [-0.1, -0.05) is 12.1 Å². The molecule has 0 aromatic heterocycles. The lowest BCUT2D eigenvalue weighted by molar-refractivity contribution is -0.138. The fraction of sp³-hybridized carbons (Fsp3) is 0.562. The Hall–Kier alpha value is -1.40. The number of ketones is 1. The quantitative estimate of drug-likeness (QED) is 0.798. The summed E-state index contributed by atoms with van der Waals surface area (Å²) >= 11 is 0. The van der Waals surface area contributed by atoms with Crippen molar-refractivity contribution in [1.29, 1.82) is 0 Å². The number of benzene rings is 1. The van der Waals surface area contributed by atoms with Crippen LogP contribution in [0.5, 0.6) is 0 Å². The highest BCUT2D eigenvalue weighted by atomic mass is 19.4. The molecule has 0 saturated carbocycles. The third kappa shape index (κ3) is 3.87. The highest BCUT2D eigenvalue weighted by molar-refractivity contribution is 5.94. The number of likely N-dealkylation sites (N-methyl/N-ethyl adjacent to an activating group) is 1. The number of hydrogen-bond donors (Lipinski definition) is 0. The van der Waals surface area contributed by atoms with Gasteiger partial charge in [0.05, 0.1) is 5.56 Å². The van der Waals surface area contributed by atoms with Gasteiger partial charge in [0.15, 0.2) is 5.78 Å². The first-order chi connectivity index (χ1) is 10.2. The first-order valence-electron chi connectivity index (χ1n) is 7.28. The van der Waals surface area contributed by atoms with E-state index in [2.05, 4.69) is 4.90 Å². The zero-order valence-corrected chi connectivity index (χ0v) is 13.1. The van der Waals surface area contributed by atoms with Gasteiger partial charge in [-0.3, -0.25) is 9.69 Å². The van der Waals surface area contributed by atoms with E-state index in [4.69, 9.17) is 0 Å². The highest BCUT2D eigenvalue weighted by Gasteiger charge is 2.35. The average Bonchev–Trinajstić information content (AvgIpc) is 2.86. The smallest absolute Gasteiger partial charge is 0.305 e. The molecular weight excluding hydrogens is 293 g/mol. The first kappa shape index (κ1) is 17.0. The summed E-state index contributed by atoms with van der Waals surface area (Å²) in [5.41, 5.74) is -0.367. The van der Waals surface area contributed by atoms with Crippen LogP contribution in [0.2, 0.25) is 0 Å². The maximum absolute atomic E-state index is 13.2. The monoisotopic (exact) mass is 314 g/mol. The lowest BCUT2D eigenvalue weighted by atomic mass is 10.0. The molecule has 0 N–H and O–H groups in total. The van der Waals surface area contributed by atoms with E-state index < -0.39 is 11.7 Å². The summed E-state index contributed by atoms with van der Waals surface area (Å²) in [7, 11) is 3.97. The van der Waals surface area contributed by atoms with E-state index in [1.165, 1.54) is 19.1 Å². The minimum Gasteiger partial charge on any atom is -0.305 e. The molecule has 0 amide bonds. The molecule has 1 aliphatic heterocycles. The zero-order valence-electron chi connectivity index (χ0n) is 13.1. The number of alkyl halides is 3. The van der Waals surface area contributed by atoms with Crippen molar-refractivity contribution in [1.82, 2.24) is 9.80 Å². The predicted octanol–water partition coefficient (Wildman–Crippen LogP) is 3.04. The standard InChI is InChI=1S/C16H21F3N2O/c1-11(22)12-4-5-13(15(8-12)16(17,18)19)9-21-7-6-14(10-21)20(2)3/h4-5,8,14H,6-7,9-10H2,1-3H3/t14-/m0/s1. The van der Waals surface area contributed by atoms with Crippen LogP contribution in [0, 0.1) is 0 Å². The Kier molecular flexibility index (Phi) is 4.92. The minimum absolute atomic E-state index is 0.101. The van der Waals surface area contributed by atoms with Crippen LogP contribution in [0.25, 0.3) is 0 Å². The highest BCUT2D eigenvalue weighted by Crippen LogP contribution is 2.34. The zero-order chi connectivity index (χ0) is 16.5. The SMILES string of the molecule is CC(=O)c1ccc(CN2CC[C@H](N(C)C)C2)c(C(F)(F)F)c1. The molecule has 0 aliphatic carbocycles. The number of nitrogens with zero attached hydrogens (tertiary/aromatic N) is 2. The van der Waals surface area contributed by atoms with Crippen molar-refractivity contribution < 1.29 is 18.0 Å². The Morgan fingerprint density at radius 2 is 2.05 bits per heavy atom. The van der Waals surface area contributed by atoms with Gasteiger partial charge < -0.3 is 4.90 Å². The summed E-state index contributed by atoms with van der Waals surface area (Å²) in [4.78, 5) is 15.4. The number of hydrogen-bond acceptors (Lipinski definition) is 3. The molecule has 1 aliphatic rings. The molecule has 1 fully saturated rings.